The van der Waals surface area contributed by atoms with Crippen molar-refractivity contribution >= 4 is 62.7 Å². The second-order valence-electron chi connectivity index (χ2n) is 20.2. The summed E-state index contributed by atoms with van der Waals surface area (Å²) in [6.07, 6.45) is 4.00. The monoisotopic (exact) mass is 1060 g/mol. The number of nitrogens with one attached hydrogen (secondary N) is 3. The van der Waals surface area contributed by atoms with Crippen molar-refractivity contribution in [2.75, 3.05) is 70.9 Å². The van der Waals surface area contributed by atoms with Gasteiger partial charge in [-0.2, -0.15) is 26.3 Å². The van der Waals surface area contributed by atoms with Gasteiger partial charge >= 0.3 is 30.0 Å². The van der Waals surface area contributed by atoms with Crippen LogP contribution in [0.15, 0.2) is 60.9 Å². The minimum absolute atomic E-state index is 0.194. The first kappa shape index (κ1) is 59.0. The number of rotatable bonds is 11. The standard InChI is InChI=1S/C26H39N3O3.C21H31N3O.C4F6O2.CH2Cl2/c1-26(2,3)32-25(31)29-12-8-19(9-13-29)16-21(18-30)28-14-10-20(11-15-28)23-17-27-24-7-5-4-6-22(23)24;25-15-18(13-16-5-9-22-10-6-16)24-11-7-17(8-12-24)20-14-23-21-4-2-1-3-19(20)21;5-3(6,7)1(11)2(12)4(8,9)10;2-1-3/h4-7,17,19-21,27,30H,8-16,18H2,1-3H3;1-4,14,16-18,22-23,25H,5-13,15H2;;1H2. The van der Waals surface area contributed by atoms with Crippen LogP contribution in [0.4, 0.5) is 31.1 Å². The first-order chi connectivity index (χ1) is 34.2. The summed E-state index contributed by atoms with van der Waals surface area (Å²) in [6, 6.07) is 17.8. The third-order valence-electron chi connectivity index (χ3n) is 14.3. The van der Waals surface area contributed by atoms with E-state index in [9.17, 15) is 50.9 Å². The number of halogens is 8. The summed E-state index contributed by atoms with van der Waals surface area (Å²) in [5.41, 5.74) is 4.94. The molecule has 6 heterocycles. The molecule has 4 aliphatic rings. The molecule has 2 atom stereocenters. The molecule has 8 rings (SSSR count). The Kier molecular flexibility index (Phi) is 22.6. The number of piperidine rings is 4. The normalized spacial score (nSPS) is 19.3. The van der Waals surface area contributed by atoms with Crippen molar-refractivity contribution in [2.24, 2.45) is 11.8 Å². The lowest BCUT2D eigenvalue weighted by molar-refractivity contribution is -0.193. The van der Waals surface area contributed by atoms with E-state index in [-0.39, 0.29) is 24.1 Å². The van der Waals surface area contributed by atoms with Crippen molar-refractivity contribution < 1.29 is 55.7 Å². The molecule has 4 saturated heterocycles. The van der Waals surface area contributed by atoms with Crippen molar-refractivity contribution in [2.45, 2.75) is 127 Å². The number of hydrogen-bond donors (Lipinski definition) is 5. The number of aromatic nitrogens is 2. The summed E-state index contributed by atoms with van der Waals surface area (Å²) < 4.78 is 72.5. The number of alkyl halides is 8. The Morgan fingerprint density at radius 1 is 0.625 bits per heavy atom. The molecule has 72 heavy (non-hydrogen) atoms. The number of aliphatic hydroxyl groups excluding tert-OH is 2. The predicted molar refractivity (Wildman–Crippen MR) is 269 cm³/mol. The van der Waals surface area contributed by atoms with E-state index < -0.39 is 29.5 Å². The quantitative estimate of drug-likeness (QED) is 0.0561. The average molecular weight is 1060 g/mol. The van der Waals surface area contributed by atoms with E-state index in [1.807, 2.05) is 25.7 Å². The van der Waals surface area contributed by atoms with Crippen LogP contribution in [-0.2, 0) is 14.3 Å². The van der Waals surface area contributed by atoms with E-state index >= 15 is 0 Å². The third kappa shape index (κ3) is 17.3. The molecule has 0 bridgehead atoms. The number of benzene rings is 2. The van der Waals surface area contributed by atoms with E-state index in [1.54, 1.807) is 0 Å². The summed E-state index contributed by atoms with van der Waals surface area (Å²) in [7, 11) is 0. The Morgan fingerprint density at radius 2 is 1.00 bits per heavy atom. The molecule has 4 aromatic rings. The Labute approximate surface area is 428 Å². The van der Waals surface area contributed by atoms with Crippen molar-refractivity contribution in [3.8, 4) is 0 Å². The van der Waals surface area contributed by atoms with E-state index in [0.29, 0.717) is 30.4 Å². The van der Waals surface area contributed by atoms with Gasteiger partial charge in [0, 0.05) is 59.4 Å². The van der Waals surface area contributed by atoms with Gasteiger partial charge in [-0.3, -0.25) is 19.4 Å². The van der Waals surface area contributed by atoms with E-state index in [4.69, 9.17) is 27.9 Å². The average Bonchev–Trinajstić information content (AvgIpc) is 4.00. The lowest BCUT2D eigenvalue weighted by Gasteiger charge is -2.40. The number of fused-ring (bicyclic) bond motifs is 2. The van der Waals surface area contributed by atoms with Gasteiger partial charge < -0.3 is 35.1 Å². The van der Waals surface area contributed by atoms with Crippen molar-refractivity contribution in [1.29, 1.82) is 0 Å². The number of carbonyl (C=O) groups is 3. The Hall–Kier alpha value is -3.91. The van der Waals surface area contributed by atoms with E-state index in [1.165, 1.54) is 58.6 Å². The molecule has 0 saturated carbocycles. The molecule has 0 spiro atoms. The predicted octanol–water partition coefficient (Wildman–Crippen LogP) is 10.5. The molecule has 0 aliphatic carbocycles. The zero-order chi connectivity index (χ0) is 52.6. The van der Waals surface area contributed by atoms with Crippen LogP contribution in [0, 0.1) is 11.8 Å². The molecule has 402 valence electrons. The Morgan fingerprint density at radius 3 is 1.36 bits per heavy atom. The number of carbonyl (C=O) groups excluding carboxylic acids is 3. The number of Topliss-reactive ketones (excluding diaryl/α,β-unsaturated/α-hetero) is 2. The number of aliphatic hydroxyl groups is 2. The number of nitrogens with zero attached hydrogens (tertiary/aromatic N) is 3. The van der Waals surface area contributed by atoms with Gasteiger partial charge in [0.1, 0.15) is 5.60 Å². The zero-order valence-corrected chi connectivity index (χ0v) is 43.0. The molecule has 20 heteroatoms. The molecular weight excluding hydrogens is 990 g/mol. The topological polar surface area (TPSA) is 154 Å². The van der Waals surface area contributed by atoms with Gasteiger partial charge in [0.2, 0.25) is 0 Å². The van der Waals surface area contributed by atoms with Crippen molar-refractivity contribution in [3.05, 3.63) is 72.1 Å². The summed E-state index contributed by atoms with van der Waals surface area (Å²) in [4.78, 5) is 45.3. The first-order valence-electron chi connectivity index (χ1n) is 25.0. The number of aromatic amines is 2. The molecule has 1 amide bonds. The van der Waals surface area contributed by atoms with Crippen molar-refractivity contribution in [3.63, 3.8) is 0 Å². The zero-order valence-electron chi connectivity index (χ0n) is 41.5. The highest BCUT2D eigenvalue weighted by Gasteiger charge is 2.54. The van der Waals surface area contributed by atoms with E-state index in [2.05, 4.69) is 86.0 Å². The SMILES string of the molecule is CC(C)(C)OC(=O)N1CCC(CC(CO)N2CCC(c3c[nH]c4ccccc34)CC2)CC1.ClCCl.O=C(C(=O)C(F)(F)F)C(F)(F)F.OCC(CC1CCNCC1)N1CCC(c2c[nH]c3ccccc23)CC1. The second kappa shape index (κ2) is 27.6. The van der Waals surface area contributed by atoms with Crippen LogP contribution in [0.25, 0.3) is 21.8 Å². The fraction of sp³-hybridized carbons (Fsp3) is 0.635. The number of para-hydroxylation sites is 2. The number of ether oxygens (including phenoxy) is 1. The fourth-order valence-corrected chi connectivity index (χ4v) is 10.5. The molecular formula is C52H72Cl2F6N6O6. The highest BCUT2D eigenvalue weighted by molar-refractivity contribution is 6.41. The van der Waals surface area contributed by atoms with Gasteiger partial charge in [-0.15, -0.1) is 23.2 Å². The van der Waals surface area contributed by atoms with Gasteiger partial charge in [0.05, 0.1) is 18.6 Å². The maximum absolute atomic E-state index is 12.3. The van der Waals surface area contributed by atoms with Gasteiger partial charge in [0.25, 0.3) is 0 Å². The van der Waals surface area contributed by atoms with Crippen LogP contribution in [0.5, 0.6) is 0 Å². The number of likely N-dealkylation sites (tertiary alicyclic amines) is 3. The van der Waals surface area contributed by atoms with Crippen LogP contribution in [0.3, 0.4) is 0 Å². The fourth-order valence-electron chi connectivity index (χ4n) is 10.5. The molecule has 2 aromatic carbocycles. The third-order valence-corrected chi connectivity index (χ3v) is 14.3. The summed E-state index contributed by atoms with van der Waals surface area (Å²) in [5.74, 6) is -4.25. The van der Waals surface area contributed by atoms with Crippen molar-refractivity contribution in [1.82, 2.24) is 30.0 Å². The molecule has 12 nitrogen and oxygen atoms in total. The first-order valence-corrected chi connectivity index (χ1v) is 26.1. The van der Waals surface area contributed by atoms with Gasteiger partial charge in [-0.05, 0) is 171 Å². The number of hydrogen-bond acceptors (Lipinski definition) is 9. The van der Waals surface area contributed by atoms with Gasteiger partial charge in [0.15, 0.2) is 0 Å². The number of ketones is 2. The Bertz CT molecular complexity index is 2250. The summed E-state index contributed by atoms with van der Waals surface area (Å²) in [6.45, 7) is 14.3. The molecule has 2 unspecified atom stereocenters. The van der Waals surface area contributed by atoms with Crippen LogP contribution in [0.1, 0.15) is 108 Å². The van der Waals surface area contributed by atoms with Crippen LogP contribution >= 0.6 is 23.2 Å². The van der Waals surface area contributed by atoms with Gasteiger partial charge in [-0.25, -0.2) is 4.79 Å². The van der Waals surface area contributed by atoms with Crippen LogP contribution < -0.4 is 5.32 Å². The molecule has 4 fully saturated rings. The minimum Gasteiger partial charge on any atom is -0.444 e. The smallest absolute Gasteiger partial charge is 0.444 e. The highest BCUT2D eigenvalue weighted by atomic mass is 35.5. The van der Waals surface area contributed by atoms with Crippen LogP contribution in [-0.4, -0.2) is 153 Å². The lowest BCUT2D eigenvalue weighted by Crippen LogP contribution is -2.46. The number of amides is 1. The lowest BCUT2D eigenvalue weighted by atomic mass is 9.86. The second-order valence-corrected chi connectivity index (χ2v) is 21.0. The largest absolute Gasteiger partial charge is 0.458 e. The highest BCUT2D eigenvalue weighted by Crippen LogP contribution is 2.37. The molecule has 0 radical (unpaired) electrons. The van der Waals surface area contributed by atoms with Crippen LogP contribution in [0.2, 0.25) is 0 Å². The van der Waals surface area contributed by atoms with E-state index in [0.717, 1.165) is 96.8 Å². The summed E-state index contributed by atoms with van der Waals surface area (Å²) >= 11 is 9.53. The molecule has 5 N–H and O–H groups in total. The van der Waals surface area contributed by atoms with Gasteiger partial charge in [-0.1, -0.05) is 36.4 Å². The maximum Gasteiger partial charge on any atom is 0.458 e. The number of H-pyrrole nitrogens is 2. The molecule has 4 aliphatic heterocycles. The minimum atomic E-state index is -5.77. The maximum atomic E-state index is 12.3. The molecule has 2 aromatic heterocycles. The summed E-state index contributed by atoms with van der Waals surface area (Å²) in [5, 5.41) is 26.4. The Balaban J connectivity index is 0.000000213.